The van der Waals surface area contributed by atoms with Crippen molar-refractivity contribution in [3.05, 3.63) is 11.9 Å². The highest BCUT2D eigenvalue weighted by atomic mass is 16.2. The molecule has 2 heterocycles. The number of hydrogen-bond acceptors (Lipinski definition) is 5. The molecule has 126 valence electrons. The smallest absolute Gasteiger partial charge is 0.320 e. The lowest BCUT2D eigenvalue weighted by atomic mass is 10.3. The Bertz CT molecular complexity index is 541. The Morgan fingerprint density at radius 3 is 2.83 bits per heavy atom. The molecule has 2 amide bonds. The lowest BCUT2D eigenvalue weighted by molar-refractivity contribution is -0.575. The minimum absolute atomic E-state index is 0.0340. The maximum Gasteiger partial charge on any atom is 0.320 e. The van der Waals surface area contributed by atoms with Crippen molar-refractivity contribution in [2.45, 2.75) is 32.7 Å². The number of nitrogens with zero attached hydrogens (tertiary/aromatic N) is 3. The number of carbonyl (C=O) groups is 1. The van der Waals surface area contributed by atoms with Crippen LogP contribution in [0.5, 0.6) is 0 Å². The first kappa shape index (κ1) is 17.3. The number of urea groups is 1. The summed E-state index contributed by atoms with van der Waals surface area (Å²) >= 11 is 0. The van der Waals surface area contributed by atoms with E-state index in [2.05, 4.69) is 25.5 Å². The molecule has 1 saturated heterocycles. The number of likely N-dealkylation sites (tertiary alicyclic amines) is 1. The van der Waals surface area contributed by atoms with Crippen molar-refractivity contribution in [2.75, 3.05) is 31.5 Å². The van der Waals surface area contributed by atoms with Crippen LogP contribution in [0.4, 0.5) is 16.4 Å². The number of carbonyl (C=O) groups excluding carboxylic acids is 1. The van der Waals surface area contributed by atoms with Gasteiger partial charge >= 0.3 is 6.03 Å². The molecule has 0 saturated carbocycles. The number of hydrogen-bond donors (Lipinski definition) is 4. The maximum atomic E-state index is 11.8. The van der Waals surface area contributed by atoms with Gasteiger partial charge in [0.15, 0.2) is 5.82 Å². The zero-order valence-electron chi connectivity index (χ0n) is 13.8. The van der Waals surface area contributed by atoms with E-state index in [1.54, 1.807) is 0 Å². The van der Waals surface area contributed by atoms with Crippen molar-refractivity contribution in [3.63, 3.8) is 0 Å². The molecule has 1 fully saturated rings. The number of rotatable bonds is 7. The Morgan fingerprint density at radius 2 is 2.17 bits per heavy atom. The van der Waals surface area contributed by atoms with Crippen molar-refractivity contribution in [1.29, 1.82) is 5.41 Å². The SMILES string of the molecule is CC(C)NC(=O)Nc1ncnc([NH2+]CCN2CCCC2)c1C=N. The molecule has 0 spiro atoms. The normalized spacial score (nSPS) is 14.9. The monoisotopic (exact) mass is 320 g/mol. The van der Waals surface area contributed by atoms with Gasteiger partial charge in [-0.15, -0.1) is 0 Å². The zero-order valence-corrected chi connectivity index (χ0v) is 13.8. The average Bonchev–Trinajstić information content (AvgIpc) is 3.00. The van der Waals surface area contributed by atoms with E-state index in [9.17, 15) is 4.79 Å². The molecule has 0 atom stereocenters. The van der Waals surface area contributed by atoms with Crippen molar-refractivity contribution in [2.24, 2.45) is 0 Å². The molecule has 2 rings (SSSR count). The highest BCUT2D eigenvalue weighted by Crippen LogP contribution is 2.13. The predicted octanol–water partition coefficient (Wildman–Crippen LogP) is 0.295. The predicted molar refractivity (Wildman–Crippen MR) is 89.3 cm³/mol. The summed E-state index contributed by atoms with van der Waals surface area (Å²) in [7, 11) is 0. The highest BCUT2D eigenvalue weighted by Gasteiger charge is 2.16. The largest absolute Gasteiger partial charge is 0.336 e. The van der Waals surface area contributed by atoms with Gasteiger partial charge < -0.3 is 10.7 Å². The summed E-state index contributed by atoms with van der Waals surface area (Å²) in [5.74, 6) is 1.05. The highest BCUT2D eigenvalue weighted by molar-refractivity contribution is 5.96. The van der Waals surface area contributed by atoms with Crippen molar-refractivity contribution >= 4 is 23.9 Å². The molecular formula is C15H26N7O+. The van der Waals surface area contributed by atoms with Gasteiger partial charge in [0.25, 0.3) is 0 Å². The molecule has 5 N–H and O–H groups in total. The lowest BCUT2D eigenvalue weighted by Gasteiger charge is -2.14. The molecule has 23 heavy (non-hydrogen) atoms. The van der Waals surface area contributed by atoms with Crippen LogP contribution >= 0.6 is 0 Å². The van der Waals surface area contributed by atoms with Crippen LogP contribution in [-0.2, 0) is 0 Å². The molecule has 0 aliphatic carbocycles. The van der Waals surface area contributed by atoms with Gasteiger partial charge in [-0.2, -0.15) is 4.98 Å². The fourth-order valence-corrected chi connectivity index (χ4v) is 2.61. The van der Waals surface area contributed by atoms with Gasteiger partial charge in [-0.05, 0) is 39.8 Å². The van der Waals surface area contributed by atoms with Crippen LogP contribution in [0.15, 0.2) is 6.33 Å². The summed E-state index contributed by atoms with van der Waals surface area (Å²) in [6.45, 7) is 7.96. The van der Waals surface area contributed by atoms with Gasteiger partial charge in [-0.25, -0.2) is 9.78 Å². The summed E-state index contributed by atoms with van der Waals surface area (Å²) in [5, 5.41) is 15.0. The molecular weight excluding hydrogens is 294 g/mol. The van der Waals surface area contributed by atoms with E-state index < -0.39 is 0 Å². The first-order valence-electron chi connectivity index (χ1n) is 8.08. The number of anilines is 1. The van der Waals surface area contributed by atoms with Gasteiger partial charge in [0.05, 0.1) is 6.54 Å². The van der Waals surface area contributed by atoms with E-state index in [1.807, 2.05) is 19.2 Å². The van der Waals surface area contributed by atoms with E-state index in [0.717, 1.165) is 26.2 Å². The first-order chi connectivity index (χ1) is 11.1. The minimum atomic E-state index is -0.329. The number of nitrogens with one attached hydrogen (secondary N) is 3. The summed E-state index contributed by atoms with van der Waals surface area (Å²) in [4.78, 5) is 22.6. The van der Waals surface area contributed by atoms with Gasteiger partial charge in [0, 0.05) is 18.8 Å². The molecule has 1 aliphatic heterocycles. The second-order valence-corrected chi connectivity index (χ2v) is 5.96. The minimum Gasteiger partial charge on any atom is -0.336 e. The van der Waals surface area contributed by atoms with Gasteiger partial charge in [-0.1, -0.05) is 0 Å². The summed E-state index contributed by atoms with van der Waals surface area (Å²) < 4.78 is 0. The van der Waals surface area contributed by atoms with E-state index >= 15 is 0 Å². The quantitative estimate of drug-likeness (QED) is 0.541. The second kappa shape index (κ2) is 8.54. The molecule has 8 nitrogen and oxygen atoms in total. The van der Waals surface area contributed by atoms with Crippen LogP contribution in [-0.4, -0.2) is 59.3 Å². The number of nitrogens with two attached hydrogens (primary N) is 1. The standard InChI is InChI=1S/C15H25N7O/c1-11(2)20-15(23)21-14-12(9-16)13(18-10-19-14)17-5-8-22-6-3-4-7-22/h9-11,16H,3-8H2,1-2H3,(H3,17,18,19,20,21,23)/p+1. The summed E-state index contributed by atoms with van der Waals surface area (Å²) in [6.07, 6.45) is 5.16. The molecule has 0 radical (unpaired) electrons. The second-order valence-electron chi connectivity index (χ2n) is 5.96. The fourth-order valence-electron chi connectivity index (χ4n) is 2.61. The van der Waals surface area contributed by atoms with Crippen LogP contribution in [0.1, 0.15) is 32.3 Å². The topological polar surface area (TPSA) is 111 Å². The average molecular weight is 320 g/mol. The lowest BCUT2D eigenvalue weighted by Crippen LogP contribution is -2.80. The Morgan fingerprint density at radius 1 is 1.43 bits per heavy atom. The van der Waals surface area contributed by atoms with Crippen LogP contribution < -0.4 is 16.0 Å². The third-order valence-corrected chi connectivity index (χ3v) is 3.69. The van der Waals surface area contributed by atoms with Gasteiger partial charge in [0.2, 0.25) is 5.82 Å². The first-order valence-corrected chi connectivity index (χ1v) is 8.08. The zero-order chi connectivity index (χ0) is 16.7. The third kappa shape index (κ3) is 5.26. The molecule has 0 aromatic carbocycles. The van der Waals surface area contributed by atoms with Crippen LogP contribution in [0, 0.1) is 5.41 Å². The van der Waals surface area contributed by atoms with Crippen molar-refractivity contribution in [3.8, 4) is 0 Å². The number of quaternary nitrogens is 1. The number of aromatic nitrogens is 2. The third-order valence-electron chi connectivity index (χ3n) is 3.69. The molecule has 0 unspecified atom stereocenters. The van der Waals surface area contributed by atoms with Crippen LogP contribution in [0.2, 0.25) is 0 Å². The fraction of sp³-hybridized carbons (Fsp3) is 0.600. The Kier molecular flexibility index (Phi) is 6.42. The van der Waals surface area contributed by atoms with Crippen LogP contribution in [0.3, 0.4) is 0 Å². The van der Waals surface area contributed by atoms with Gasteiger partial charge in [0.1, 0.15) is 11.9 Å². The summed E-state index contributed by atoms with van der Waals surface area (Å²) in [5.41, 5.74) is 0.535. The Balaban J connectivity index is 1.97. The molecule has 0 bridgehead atoms. The van der Waals surface area contributed by atoms with Crippen molar-refractivity contribution in [1.82, 2.24) is 20.2 Å². The van der Waals surface area contributed by atoms with Gasteiger partial charge in [-0.3, -0.25) is 15.5 Å². The van der Waals surface area contributed by atoms with E-state index in [4.69, 9.17) is 5.41 Å². The Labute approximate surface area is 136 Å². The van der Waals surface area contributed by atoms with E-state index in [1.165, 1.54) is 25.4 Å². The van der Waals surface area contributed by atoms with E-state index in [-0.39, 0.29) is 12.1 Å². The van der Waals surface area contributed by atoms with Crippen LogP contribution in [0.25, 0.3) is 0 Å². The maximum absolute atomic E-state index is 11.8. The number of amides is 2. The molecule has 1 aliphatic rings. The Hall–Kier alpha value is -2.06. The summed E-state index contributed by atoms with van der Waals surface area (Å²) in [6, 6.07) is -0.295. The van der Waals surface area contributed by atoms with E-state index in [0.29, 0.717) is 17.2 Å². The molecule has 1 aromatic heterocycles. The molecule has 8 heteroatoms. The molecule has 1 aromatic rings. The van der Waals surface area contributed by atoms with Crippen molar-refractivity contribution < 1.29 is 10.1 Å².